The molecule has 0 aliphatic heterocycles. The zero-order valence-corrected chi connectivity index (χ0v) is 50.0. The van der Waals surface area contributed by atoms with Gasteiger partial charge in [0, 0.05) is 19.3 Å². The molecular weight excluding hydrogens is 937 g/mol. The summed E-state index contributed by atoms with van der Waals surface area (Å²) in [6.07, 6.45) is 85.8. The van der Waals surface area contributed by atoms with Crippen LogP contribution in [0.15, 0.2) is 97.2 Å². The first-order valence-corrected chi connectivity index (χ1v) is 32.2. The molecule has 0 aromatic carbocycles. The average Bonchev–Trinajstić information content (AvgIpc) is 3.42. The number of hydrogen-bond acceptors (Lipinski definition) is 6. The maximum Gasteiger partial charge on any atom is 0.306 e. The van der Waals surface area contributed by atoms with Crippen molar-refractivity contribution in [3.8, 4) is 0 Å². The molecule has 0 fully saturated rings. The SMILES string of the molecule is CC/C=C\C/C=C\C/C=C\C/C=C\CCCCCCCCCCCCCCCCCCCCC(=O)OCC(COC(=O)CCCCCCCCCCCC)OC(=O)CCCCCC/C=C\C/C=C\C/C=C\C/C=C\CC. The van der Waals surface area contributed by atoms with Crippen LogP contribution in [0.1, 0.15) is 310 Å². The number of unbranched alkanes of at least 4 members (excludes halogenated alkanes) is 31. The van der Waals surface area contributed by atoms with Crippen molar-refractivity contribution in [3.63, 3.8) is 0 Å². The molecule has 76 heavy (non-hydrogen) atoms. The Morgan fingerprint density at radius 3 is 0.803 bits per heavy atom. The van der Waals surface area contributed by atoms with Crippen LogP contribution in [0.4, 0.5) is 0 Å². The molecule has 1 unspecified atom stereocenters. The second-order valence-corrected chi connectivity index (χ2v) is 21.3. The molecule has 6 heteroatoms. The van der Waals surface area contributed by atoms with Crippen molar-refractivity contribution in [1.29, 1.82) is 0 Å². The minimum atomic E-state index is -0.787. The smallest absolute Gasteiger partial charge is 0.306 e. The lowest BCUT2D eigenvalue weighted by molar-refractivity contribution is -0.167. The van der Waals surface area contributed by atoms with Crippen LogP contribution in [0, 0.1) is 0 Å². The summed E-state index contributed by atoms with van der Waals surface area (Å²) in [6, 6.07) is 0. The van der Waals surface area contributed by atoms with Crippen LogP contribution in [0.25, 0.3) is 0 Å². The normalized spacial score (nSPS) is 12.7. The molecule has 0 N–H and O–H groups in total. The van der Waals surface area contributed by atoms with Crippen LogP contribution in [0.2, 0.25) is 0 Å². The van der Waals surface area contributed by atoms with Crippen LogP contribution in [-0.4, -0.2) is 37.2 Å². The monoisotopic (exact) mass is 1060 g/mol. The Balaban J connectivity index is 4.15. The summed E-state index contributed by atoms with van der Waals surface area (Å²) in [5.41, 5.74) is 0. The van der Waals surface area contributed by atoms with E-state index in [9.17, 15) is 14.4 Å². The molecule has 0 saturated heterocycles. The first-order chi connectivity index (χ1) is 37.5. The van der Waals surface area contributed by atoms with Gasteiger partial charge in [0.15, 0.2) is 6.10 Å². The minimum absolute atomic E-state index is 0.0836. The van der Waals surface area contributed by atoms with E-state index in [4.69, 9.17) is 14.2 Å². The lowest BCUT2D eigenvalue weighted by Gasteiger charge is -2.18. The number of allylic oxidation sites excluding steroid dienone is 16. The van der Waals surface area contributed by atoms with Crippen LogP contribution < -0.4 is 0 Å². The highest BCUT2D eigenvalue weighted by molar-refractivity contribution is 5.71. The summed E-state index contributed by atoms with van der Waals surface area (Å²) in [5, 5.41) is 0. The molecule has 0 aromatic heterocycles. The van der Waals surface area contributed by atoms with E-state index in [1.54, 1.807) is 0 Å². The zero-order chi connectivity index (χ0) is 55.0. The van der Waals surface area contributed by atoms with Crippen molar-refractivity contribution in [2.75, 3.05) is 13.2 Å². The third-order valence-electron chi connectivity index (χ3n) is 13.8. The Morgan fingerprint density at radius 1 is 0.276 bits per heavy atom. The van der Waals surface area contributed by atoms with Crippen molar-refractivity contribution in [3.05, 3.63) is 97.2 Å². The van der Waals surface area contributed by atoms with Gasteiger partial charge in [-0.15, -0.1) is 0 Å². The summed E-state index contributed by atoms with van der Waals surface area (Å²) >= 11 is 0. The van der Waals surface area contributed by atoms with Gasteiger partial charge in [-0.3, -0.25) is 14.4 Å². The number of hydrogen-bond donors (Lipinski definition) is 0. The summed E-state index contributed by atoms with van der Waals surface area (Å²) in [6.45, 7) is 6.41. The van der Waals surface area contributed by atoms with E-state index >= 15 is 0 Å². The summed E-state index contributed by atoms with van der Waals surface area (Å²) in [7, 11) is 0. The number of rotatable bonds is 58. The van der Waals surface area contributed by atoms with E-state index in [-0.39, 0.29) is 31.1 Å². The van der Waals surface area contributed by atoms with Gasteiger partial charge in [-0.2, -0.15) is 0 Å². The fraction of sp³-hybridized carbons (Fsp3) is 0.729. The van der Waals surface area contributed by atoms with Gasteiger partial charge in [-0.1, -0.05) is 291 Å². The maximum atomic E-state index is 12.9. The molecule has 0 spiro atoms. The van der Waals surface area contributed by atoms with E-state index in [0.29, 0.717) is 19.3 Å². The Kier molecular flexibility index (Phi) is 60.8. The van der Waals surface area contributed by atoms with Crippen LogP contribution >= 0.6 is 0 Å². The molecule has 0 rings (SSSR count). The highest BCUT2D eigenvalue weighted by atomic mass is 16.6. The molecule has 0 amide bonds. The first kappa shape index (κ1) is 72.3. The first-order valence-electron chi connectivity index (χ1n) is 32.2. The van der Waals surface area contributed by atoms with Crippen molar-refractivity contribution in [2.24, 2.45) is 0 Å². The Bertz CT molecular complexity index is 1490. The highest BCUT2D eigenvalue weighted by Gasteiger charge is 2.19. The predicted molar refractivity (Wildman–Crippen MR) is 330 cm³/mol. The quantitative estimate of drug-likeness (QED) is 0.0261. The number of carbonyl (C=O) groups excluding carboxylic acids is 3. The van der Waals surface area contributed by atoms with Crippen molar-refractivity contribution in [2.45, 2.75) is 316 Å². The fourth-order valence-corrected chi connectivity index (χ4v) is 9.07. The van der Waals surface area contributed by atoms with Gasteiger partial charge >= 0.3 is 17.9 Å². The fourth-order valence-electron chi connectivity index (χ4n) is 9.07. The maximum absolute atomic E-state index is 12.9. The third kappa shape index (κ3) is 61.2. The second kappa shape index (κ2) is 63.9. The third-order valence-corrected chi connectivity index (χ3v) is 13.8. The molecule has 0 aliphatic carbocycles. The van der Waals surface area contributed by atoms with E-state index in [1.165, 1.54) is 148 Å². The molecule has 436 valence electrons. The molecular formula is C70H120O6. The van der Waals surface area contributed by atoms with Gasteiger partial charge in [-0.05, 0) is 96.3 Å². The number of carbonyl (C=O) groups is 3. The van der Waals surface area contributed by atoms with E-state index in [2.05, 4.69) is 118 Å². The minimum Gasteiger partial charge on any atom is -0.462 e. The van der Waals surface area contributed by atoms with Crippen molar-refractivity contribution < 1.29 is 28.6 Å². The van der Waals surface area contributed by atoms with Gasteiger partial charge < -0.3 is 14.2 Å². The van der Waals surface area contributed by atoms with Crippen LogP contribution in [0.3, 0.4) is 0 Å². The Hall–Kier alpha value is -3.67. The largest absolute Gasteiger partial charge is 0.462 e. The lowest BCUT2D eigenvalue weighted by atomic mass is 10.0. The number of esters is 3. The molecule has 0 aromatic rings. The molecule has 0 bridgehead atoms. The standard InChI is InChI=1S/C70H120O6/c1-4-7-10-13-16-19-22-24-26-28-29-30-31-32-33-34-35-36-37-38-39-40-41-43-44-46-48-51-54-57-60-63-69(72)75-66-67(65-74-68(71)62-59-56-53-50-21-18-15-12-9-6-3)76-70(73)64-61-58-55-52-49-47-45-42-27-25-23-20-17-14-11-8-5-2/h7-8,10-11,16-17,19-20,24-27,29-30,45,47,67H,4-6,9,12-15,18,21-23,28,31-44,46,48-66H2,1-3H3/b10-7-,11-8-,19-16-,20-17-,26-24-,27-25-,30-29-,47-45-. The molecule has 0 aliphatic rings. The number of ether oxygens (including phenoxy) is 3. The summed E-state index contributed by atoms with van der Waals surface area (Å²) in [5.74, 6) is -0.898. The van der Waals surface area contributed by atoms with Gasteiger partial charge in [-0.25, -0.2) is 0 Å². The van der Waals surface area contributed by atoms with Gasteiger partial charge in [0.05, 0.1) is 0 Å². The molecule has 0 heterocycles. The average molecular weight is 1060 g/mol. The Morgan fingerprint density at radius 2 is 0.513 bits per heavy atom. The highest BCUT2D eigenvalue weighted by Crippen LogP contribution is 2.17. The zero-order valence-electron chi connectivity index (χ0n) is 50.0. The Labute approximate surface area is 470 Å². The van der Waals surface area contributed by atoms with E-state index in [0.717, 1.165) is 122 Å². The predicted octanol–water partition coefficient (Wildman–Crippen LogP) is 22.0. The van der Waals surface area contributed by atoms with Gasteiger partial charge in [0.2, 0.25) is 0 Å². The van der Waals surface area contributed by atoms with Gasteiger partial charge in [0.1, 0.15) is 13.2 Å². The van der Waals surface area contributed by atoms with Crippen LogP contribution in [-0.2, 0) is 28.6 Å². The van der Waals surface area contributed by atoms with Crippen molar-refractivity contribution in [1.82, 2.24) is 0 Å². The van der Waals surface area contributed by atoms with Crippen molar-refractivity contribution >= 4 is 17.9 Å². The van der Waals surface area contributed by atoms with Crippen LogP contribution in [0.5, 0.6) is 0 Å². The van der Waals surface area contributed by atoms with E-state index < -0.39 is 6.10 Å². The van der Waals surface area contributed by atoms with Gasteiger partial charge in [0.25, 0.3) is 0 Å². The second-order valence-electron chi connectivity index (χ2n) is 21.3. The summed E-state index contributed by atoms with van der Waals surface area (Å²) < 4.78 is 16.9. The topological polar surface area (TPSA) is 78.9 Å². The molecule has 0 radical (unpaired) electrons. The van der Waals surface area contributed by atoms with E-state index in [1.807, 2.05) is 0 Å². The lowest BCUT2D eigenvalue weighted by Crippen LogP contribution is -2.30. The molecule has 1 atom stereocenters. The summed E-state index contributed by atoms with van der Waals surface area (Å²) in [4.78, 5) is 38.2. The molecule has 0 saturated carbocycles. The molecule has 6 nitrogen and oxygen atoms in total.